The summed E-state index contributed by atoms with van der Waals surface area (Å²) in [6.45, 7) is 7.73. The topological polar surface area (TPSA) is 87.2 Å². The Morgan fingerprint density at radius 2 is 1.58 bits per heavy atom. The van der Waals surface area contributed by atoms with E-state index in [2.05, 4.69) is 39.6 Å². The number of carbonyl (C=O) groups is 2. The highest BCUT2D eigenvalue weighted by atomic mass is 16.2. The molecule has 0 unspecified atom stereocenters. The van der Waals surface area contributed by atoms with Gasteiger partial charge in [0.1, 0.15) is 5.69 Å². The Kier molecular flexibility index (Phi) is 5.83. The number of rotatable bonds is 5. The molecule has 7 nitrogen and oxygen atoms in total. The summed E-state index contributed by atoms with van der Waals surface area (Å²) in [5.74, 6) is -0.912. The third-order valence-corrected chi connectivity index (χ3v) is 3.56. The molecule has 0 aliphatic rings. The number of hydrogen-bond acceptors (Lipinski definition) is 5. The van der Waals surface area contributed by atoms with Gasteiger partial charge in [-0.1, -0.05) is 0 Å². The molecule has 0 radical (unpaired) electrons. The number of nitrogens with zero attached hydrogens (tertiary/aromatic N) is 3. The minimum atomic E-state index is -0.518. The fourth-order valence-corrected chi connectivity index (χ4v) is 2.17. The molecular weight excluding hydrogens is 306 g/mol. The minimum Gasteiger partial charge on any atom is -0.372 e. The van der Waals surface area contributed by atoms with Crippen molar-refractivity contribution in [3.05, 3.63) is 53.6 Å². The number of hydrogen-bond donors (Lipinski definition) is 2. The van der Waals surface area contributed by atoms with E-state index in [0.29, 0.717) is 11.3 Å². The van der Waals surface area contributed by atoms with E-state index < -0.39 is 11.8 Å². The zero-order valence-corrected chi connectivity index (χ0v) is 14.0. The largest absolute Gasteiger partial charge is 0.372 e. The molecule has 0 saturated heterocycles. The molecule has 0 atom stereocenters. The summed E-state index contributed by atoms with van der Waals surface area (Å²) in [5, 5.41) is 0. The molecule has 2 N–H and O–H groups in total. The monoisotopic (exact) mass is 327 g/mol. The van der Waals surface area contributed by atoms with Crippen molar-refractivity contribution in [3.63, 3.8) is 0 Å². The van der Waals surface area contributed by atoms with Crippen LogP contribution in [-0.2, 0) is 0 Å². The van der Waals surface area contributed by atoms with Crippen LogP contribution in [0.4, 0.5) is 5.69 Å². The first kappa shape index (κ1) is 17.4. The van der Waals surface area contributed by atoms with Crippen molar-refractivity contribution < 1.29 is 9.59 Å². The van der Waals surface area contributed by atoms with Gasteiger partial charge in [0.2, 0.25) is 0 Å². The molecule has 1 heterocycles. The molecule has 0 spiro atoms. The third-order valence-electron chi connectivity index (χ3n) is 3.56. The smallest absolute Gasteiger partial charge is 0.289 e. The number of benzene rings is 1. The lowest BCUT2D eigenvalue weighted by molar-refractivity contribution is 0.0843. The molecule has 0 bridgehead atoms. The molecule has 7 heteroatoms. The molecule has 2 rings (SSSR count). The Morgan fingerprint density at radius 1 is 0.958 bits per heavy atom. The van der Waals surface area contributed by atoms with Crippen molar-refractivity contribution in [2.24, 2.45) is 0 Å². The molecular formula is C17H21N5O2. The van der Waals surface area contributed by atoms with Crippen molar-refractivity contribution in [1.29, 1.82) is 0 Å². The van der Waals surface area contributed by atoms with Crippen LogP contribution in [0.15, 0.2) is 36.7 Å². The van der Waals surface area contributed by atoms with Crippen molar-refractivity contribution in [2.75, 3.05) is 18.0 Å². The lowest BCUT2D eigenvalue weighted by atomic mass is 10.2. The number of carbonyl (C=O) groups excluding carboxylic acids is 2. The lowest BCUT2D eigenvalue weighted by Crippen LogP contribution is -2.42. The maximum atomic E-state index is 12.1. The predicted molar refractivity (Wildman–Crippen MR) is 91.7 cm³/mol. The standard InChI is InChI=1S/C17H21N5O2/c1-4-22(5-2)14-8-6-13(7-9-14)16(23)20-21-17(24)15-11-18-12(3)10-19-15/h6-11H,4-5H2,1-3H3,(H,20,23)(H,21,24). The lowest BCUT2D eigenvalue weighted by Gasteiger charge is -2.21. The van der Waals surface area contributed by atoms with Gasteiger partial charge in [-0.2, -0.15) is 0 Å². The van der Waals surface area contributed by atoms with E-state index in [1.165, 1.54) is 12.4 Å². The van der Waals surface area contributed by atoms with Gasteiger partial charge in [-0.3, -0.25) is 25.4 Å². The second-order valence-electron chi connectivity index (χ2n) is 5.17. The van der Waals surface area contributed by atoms with Crippen LogP contribution >= 0.6 is 0 Å². The fraction of sp³-hybridized carbons (Fsp3) is 0.294. The van der Waals surface area contributed by atoms with Crippen LogP contribution in [0, 0.1) is 6.92 Å². The predicted octanol–water partition coefficient (Wildman–Crippen LogP) is 1.71. The minimum absolute atomic E-state index is 0.137. The summed E-state index contributed by atoms with van der Waals surface area (Å²) in [5.41, 5.74) is 7.05. The number of aromatic nitrogens is 2. The van der Waals surface area contributed by atoms with Gasteiger partial charge in [0, 0.05) is 30.5 Å². The maximum Gasteiger partial charge on any atom is 0.289 e. The summed E-state index contributed by atoms with van der Waals surface area (Å²) in [6.07, 6.45) is 2.85. The Balaban J connectivity index is 1.94. The highest BCUT2D eigenvalue weighted by molar-refractivity contribution is 5.98. The molecule has 1 aromatic heterocycles. The zero-order chi connectivity index (χ0) is 17.5. The van der Waals surface area contributed by atoms with Gasteiger partial charge in [-0.05, 0) is 45.0 Å². The number of amides is 2. The summed E-state index contributed by atoms with van der Waals surface area (Å²) in [4.78, 5) is 34.1. The highest BCUT2D eigenvalue weighted by Crippen LogP contribution is 2.14. The Bertz CT molecular complexity index is 694. The van der Waals surface area contributed by atoms with Crippen molar-refractivity contribution in [2.45, 2.75) is 20.8 Å². The van der Waals surface area contributed by atoms with E-state index >= 15 is 0 Å². The number of aryl methyl sites for hydroxylation is 1. The fourth-order valence-electron chi connectivity index (χ4n) is 2.17. The molecule has 0 aliphatic carbocycles. The number of nitrogens with one attached hydrogen (secondary N) is 2. The van der Waals surface area contributed by atoms with Crippen LogP contribution in [0.1, 0.15) is 40.4 Å². The Labute approximate surface area is 141 Å². The normalized spacial score (nSPS) is 10.1. The molecule has 126 valence electrons. The first-order chi connectivity index (χ1) is 11.5. The van der Waals surface area contributed by atoms with E-state index in [-0.39, 0.29) is 5.69 Å². The van der Waals surface area contributed by atoms with Gasteiger partial charge in [0.15, 0.2) is 0 Å². The van der Waals surface area contributed by atoms with Crippen LogP contribution < -0.4 is 15.8 Å². The van der Waals surface area contributed by atoms with Crippen LogP contribution in [0.25, 0.3) is 0 Å². The first-order valence-corrected chi connectivity index (χ1v) is 7.79. The molecule has 2 aromatic rings. The van der Waals surface area contributed by atoms with E-state index in [0.717, 1.165) is 18.8 Å². The summed E-state index contributed by atoms with van der Waals surface area (Å²) in [6, 6.07) is 7.21. The summed E-state index contributed by atoms with van der Waals surface area (Å²) in [7, 11) is 0. The number of hydrazine groups is 1. The average molecular weight is 327 g/mol. The van der Waals surface area contributed by atoms with Crippen molar-refractivity contribution in [3.8, 4) is 0 Å². The second kappa shape index (κ2) is 8.05. The molecule has 1 aromatic carbocycles. The highest BCUT2D eigenvalue weighted by Gasteiger charge is 2.11. The maximum absolute atomic E-state index is 12.1. The number of anilines is 1. The zero-order valence-electron chi connectivity index (χ0n) is 14.0. The SMILES string of the molecule is CCN(CC)c1ccc(C(=O)NNC(=O)c2cnc(C)cn2)cc1. The van der Waals surface area contributed by atoms with Crippen LogP contribution in [0.5, 0.6) is 0 Å². The van der Waals surface area contributed by atoms with E-state index in [1.807, 2.05) is 12.1 Å². The van der Waals surface area contributed by atoms with Gasteiger partial charge in [0.05, 0.1) is 11.9 Å². The Morgan fingerprint density at radius 3 is 2.12 bits per heavy atom. The quantitative estimate of drug-likeness (QED) is 0.816. The van der Waals surface area contributed by atoms with Crippen LogP contribution in [-0.4, -0.2) is 34.9 Å². The molecule has 0 saturated carbocycles. The van der Waals surface area contributed by atoms with E-state index in [9.17, 15) is 9.59 Å². The third kappa shape index (κ3) is 4.28. The molecule has 0 fully saturated rings. The van der Waals surface area contributed by atoms with Crippen LogP contribution in [0.2, 0.25) is 0 Å². The van der Waals surface area contributed by atoms with E-state index in [4.69, 9.17) is 0 Å². The average Bonchev–Trinajstić information content (AvgIpc) is 2.61. The molecule has 0 aliphatic heterocycles. The second-order valence-corrected chi connectivity index (χ2v) is 5.17. The molecule has 2 amide bonds. The summed E-state index contributed by atoms with van der Waals surface area (Å²) >= 11 is 0. The van der Waals surface area contributed by atoms with Gasteiger partial charge in [-0.15, -0.1) is 0 Å². The van der Waals surface area contributed by atoms with Crippen molar-refractivity contribution in [1.82, 2.24) is 20.8 Å². The first-order valence-electron chi connectivity index (χ1n) is 7.79. The van der Waals surface area contributed by atoms with E-state index in [1.54, 1.807) is 19.1 Å². The Hall–Kier alpha value is -2.96. The summed E-state index contributed by atoms with van der Waals surface area (Å²) < 4.78 is 0. The van der Waals surface area contributed by atoms with Gasteiger partial charge >= 0.3 is 0 Å². The van der Waals surface area contributed by atoms with Gasteiger partial charge < -0.3 is 4.90 Å². The van der Waals surface area contributed by atoms with Crippen molar-refractivity contribution >= 4 is 17.5 Å². The molecule has 24 heavy (non-hydrogen) atoms. The van der Waals surface area contributed by atoms with Gasteiger partial charge in [-0.25, -0.2) is 4.98 Å². The van der Waals surface area contributed by atoms with Gasteiger partial charge in [0.25, 0.3) is 11.8 Å². The van der Waals surface area contributed by atoms with Crippen LogP contribution in [0.3, 0.4) is 0 Å².